The van der Waals surface area contributed by atoms with Gasteiger partial charge in [-0.15, -0.1) is 0 Å². The van der Waals surface area contributed by atoms with Crippen LogP contribution in [0.2, 0.25) is 0 Å². The van der Waals surface area contributed by atoms with E-state index in [1.165, 1.54) is 32.1 Å². The van der Waals surface area contributed by atoms with Crippen molar-refractivity contribution < 1.29 is 19.1 Å². The lowest BCUT2D eigenvalue weighted by Crippen LogP contribution is -2.38. The molecule has 25 heavy (non-hydrogen) atoms. The smallest absolute Gasteiger partial charge is 0.328 e. The number of unbranched alkanes of at least 4 members (excludes halogenated alkanes) is 7. The number of hydrogen-bond acceptors (Lipinski definition) is 4. The van der Waals surface area contributed by atoms with Gasteiger partial charge in [0.25, 0.3) is 0 Å². The summed E-state index contributed by atoms with van der Waals surface area (Å²) in [5, 5.41) is 2.56. The van der Waals surface area contributed by atoms with Crippen molar-refractivity contribution in [3.63, 3.8) is 0 Å². The van der Waals surface area contributed by atoms with Crippen LogP contribution in [0.1, 0.15) is 84.0 Å². The molecule has 1 fully saturated rings. The number of cyclic esters (lactones) is 1. The Kier molecular flexibility index (Phi) is 11.7. The first kappa shape index (κ1) is 21.4. The highest BCUT2D eigenvalue weighted by Gasteiger charge is 2.28. The van der Waals surface area contributed by atoms with E-state index in [9.17, 15) is 14.4 Å². The van der Waals surface area contributed by atoms with Crippen molar-refractivity contribution in [3.8, 4) is 0 Å². The van der Waals surface area contributed by atoms with Crippen LogP contribution in [0.25, 0.3) is 0 Å². The van der Waals surface area contributed by atoms with Crippen molar-refractivity contribution in [3.05, 3.63) is 12.2 Å². The minimum Gasteiger partial charge on any atom is -0.464 e. The average Bonchev–Trinajstić information content (AvgIpc) is 2.97. The molecule has 0 bridgehead atoms. The zero-order chi connectivity index (χ0) is 18.3. The summed E-state index contributed by atoms with van der Waals surface area (Å²) in [4.78, 5) is 34.7. The van der Waals surface area contributed by atoms with Crippen LogP contribution in [0, 0.1) is 0 Å². The third-order valence-corrected chi connectivity index (χ3v) is 4.35. The van der Waals surface area contributed by atoms with Crippen molar-refractivity contribution in [2.75, 3.05) is 6.61 Å². The summed E-state index contributed by atoms with van der Waals surface area (Å²) < 4.78 is 4.77. The van der Waals surface area contributed by atoms with Gasteiger partial charge in [0.2, 0.25) is 5.91 Å². The third-order valence-electron chi connectivity index (χ3n) is 4.35. The van der Waals surface area contributed by atoms with Crippen molar-refractivity contribution in [1.82, 2.24) is 5.32 Å². The lowest BCUT2D eigenvalue weighted by Gasteiger charge is -2.08. The second kappa shape index (κ2) is 13.6. The summed E-state index contributed by atoms with van der Waals surface area (Å²) >= 11 is 0. The molecule has 1 N–H and O–H groups in total. The summed E-state index contributed by atoms with van der Waals surface area (Å²) in [5.41, 5.74) is 0. The number of Topliss-reactive ketones (excluding diaryl/α,β-unsaturated/α-hetero) is 1. The van der Waals surface area contributed by atoms with E-state index in [0.717, 1.165) is 25.7 Å². The van der Waals surface area contributed by atoms with Gasteiger partial charge in [-0.1, -0.05) is 44.8 Å². The van der Waals surface area contributed by atoms with Gasteiger partial charge >= 0.3 is 5.97 Å². The van der Waals surface area contributed by atoms with Gasteiger partial charge in [-0.05, 0) is 32.1 Å². The van der Waals surface area contributed by atoms with Gasteiger partial charge in [0, 0.05) is 12.8 Å². The second-order valence-electron chi connectivity index (χ2n) is 6.71. The lowest BCUT2D eigenvalue weighted by molar-refractivity contribution is -0.142. The van der Waals surface area contributed by atoms with Crippen LogP contribution in [-0.2, 0) is 19.1 Å². The minimum absolute atomic E-state index is 0.0599. The van der Waals surface area contributed by atoms with Crippen LogP contribution in [-0.4, -0.2) is 30.3 Å². The number of rotatable bonds is 14. The maximum Gasteiger partial charge on any atom is 0.328 e. The number of amides is 1. The molecule has 1 saturated heterocycles. The average molecular weight is 351 g/mol. The fourth-order valence-electron chi connectivity index (χ4n) is 2.83. The molecule has 0 aliphatic carbocycles. The summed E-state index contributed by atoms with van der Waals surface area (Å²) in [5.74, 6) is -0.839. The standard InChI is InChI=1S/C20H33NO4/c1-2-3-4-5-6-7-8-9-10-11-12-13-17(22)16-19(23)21-18-14-15-25-20(18)24/h7-8,18H,2-6,9-16H2,1H3,(H,21,23)/b8-7-. The molecule has 0 aromatic rings. The van der Waals surface area contributed by atoms with E-state index < -0.39 is 12.0 Å². The van der Waals surface area contributed by atoms with Gasteiger partial charge in [-0.25, -0.2) is 4.79 Å². The maximum absolute atomic E-state index is 11.8. The molecule has 142 valence electrons. The molecule has 1 aliphatic heterocycles. The van der Waals surface area contributed by atoms with Crippen LogP contribution in [0.5, 0.6) is 0 Å². The number of nitrogens with one attached hydrogen (secondary N) is 1. The molecule has 0 saturated carbocycles. The monoisotopic (exact) mass is 351 g/mol. The molecule has 0 spiro atoms. The van der Waals surface area contributed by atoms with E-state index >= 15 is 0 Å². The molecule has 1 atom stereocenters. The third kappa shape index (κ3) is 10.7. The van der Waals surface area contributed by atoms with Crippen LogP contribution < -0.4 is 5.32 Å². The van der Waals surface area contributed by atoms with Crippen LogP contribution in [0.4, 0.5) is 0 Å². The molecule has 1 aliphatic rings. The molecule has 0 radical (unpaired) electrons. The largest absolute Gasteiger partial charge is 0.464 e. The highest BCUT2D eigenvalue weighted by molar-refractivity contribution is 5.99. The van der Waals surface area contributed by atoms with E-state index in [1.807, 2.05) is 0 Å². The Morgan fingerprint density at radius 3 is 2.36 bits per heavy atom. The van der Waals surface area contributed by atoms with Gasteiger partial charge in [0.1, 0.15) is 11.8 Å². The first-order chi connectivity index (χ1) is 12.1. The van der Waals surface area contributed by atoms with E-state index in [0.29, 0.717) is 19.4 Å². The Bertz CT molecular complexity index is 445. The number of ketones is 1. The van der Waals surface area contributed by atoms with Gasteiger partial charge in [0.15, 0.2) is 0 Å². The summed E-state index contributed by atoms with van der Waals surface area (Å²) in [6, 6.07) is -0.575. The van der Waals surface area contributed by atoms with Crippen molar-refractivity contribution >= 4 is 17.7 Å². The zero-order valence-corrected chi connectivity index (χ0v) is 15.6. The molecule has 1 amide bonds. The Labute approximate surface area is 151 Å². The first-order valence-electron chi connectivity index (χ1n) is 9.76. The molecule has 1 unspecified atom stereocenters. The number of esters is 1. The molecule has 5 nitrogen and oxygen atoms in total. The van der Waals surface area contributed by atoms with Crippen molar-refractivity contribution in [2.45, 2.75) is 90.0 Å². The zero-order valence-electron chi connectivity index (χ0n) is 15.6. The molecular weight excluding hydrogens is 318 g/mol. The van der Waals surface area contributed by atoms with E-state index in [2.05, 4.69) is 24.4 Å². The molecule has 1 rings (SSSR count). The predicted molar refractivity (Wildman–Crippen MR) is 98.1 cm³/mol. The Hall–Kier alpha value is -1.65. The Morgan fingerprint density at radius 1 is 1.08 bits per heavy atom. The molecule has 0 aromatic heterocycles. The first-order valence-corrected chi connectivity index (χ1v) is 9.76. The van der Waals surface area contributed by atoms with E-state index in [4.69, 9.17) is 4.74 Å². The van der Waals surface area contributed by atoms with Gasteiger partial charge in [-0.3, -0.25) is 9.59 Å². The molecule has 5 heteroatoms. The summed E-state index contributed by atoms with van der Waals surface area (Å²) in [7, 11) is 0. The second-order valence-corrected chi connectivity index (χ2v) is 6.71. The highest BCUT2D eigenvalue weighted by Crippen LogP contribution is 2.09. The highest BCUT2D eigenvalue weighted by atomic mass is 16.5. The van der Waals surface area contributed by atoms with Crippen molar-refractivity contribution in [1.29, 1.82) is 0 Å². The molecular formula is C20H33NO4. The maximum atomic E-state index is 11.8. The topological polar surface area (TPSA) is 72.5 Å². The predicted octanol–water partition coefficient (Wildman–Crippen LogP) is 3.85. The SMILES string of the molecule is CCCCCC/C=C\CCCCCC(=O)CC(=O)NC1CCOC1=O. The van der Waals surface area contributed by atoms with Gasteiger partial charge in [-0.2, -0.15) is 0 Å². The Balaban J connectivity index is 1.95. The fraction of sp³-hybridized carbons (Fsp3) is 0.750. The van der Waals surface area contributed by atoms with E-state index in [1.54, 1.807) is 0 Å². The number of allylic oxidation sites excluding steroid dienone is 2. The Morgan fingerprint density at radius 2 is 1.76 bits per heavy atom. The van der Waals surface area contributed by atoms with Gasteiger partial charge < -0.3 is 10.1 Å². The summed E-state index contributed by atoms with van der Waals surface area (Å²) in [6.45, 7) is 2.56. The number of hydrogen-bond donors (Lipinski definition) is 1. The summed E-state index contributed by atoms with van der Waals surface area (Å²) in [6.07, 6.45) is 15.6. The number of carbonyl (C=O) groups is 3. The molecule has 0 aromatic carbocycles. The van der Waals surface area contributed by atoms with Gasteiger partial charge in [0.05, 0.1) is 13.0 Å². The quantitative estimate of drug-likeness (QED) is 0.223. The minimum atomic E-state index is -0.575. The van der Waals surface area contributed by atoms with Crippen LogP contribution in [0.15, 0.2) is 12.2 Å². The lowest BCUT2D eigenvalue weighted by atomic mass is 10.1. The van der Waals surface area contributed by atoms with Crippen molar-refractivity contribution in [2.24, 2.45) is 0 Å². The normalized spacial score (nSPS) is 17.0. The van der Waals surface area contributed by atoms with Crippen LogP contribution >= 0.6 is 0 Å². The van der Waals surface area contributed by atoms with E-state index in [-0.39, 0.29) is 18.1 Å². The molecule has 1 heterocycles. The number of ether oxygens (including phenoxy) is 1. The fourth-order valence-corrected chi connectivity index (χ4v) is 2.83. The number of carbonyl (C=O) groups excluding carboxylic acids is 3. The van der Waals surface area contributed by atoms with Crippen LogP contribution in [0.3, 0.4) is 0 Å².